The van der Waals surface area contributed by atoms with Crippen LogP contribution < -0.4 is 20.1 Å². The number of piperazine rings is 1. The van der Waals surface area contributed by atoms with Crippen molar-refractivity contribution in [3.8, 4) is 22.8 Å². The number of hydrogen-bond acceptors (Lipinski definition) is 9. The van der Waals surface area contributed by atoms with E-state index in [9.17, 15) is 23.1 Å². The molecule has 10 nitrogen and oxygen atoms in total. The molecular formula is C34H42Cl2F3N5O5. The Balaban J connectivity index is 0.00000270. The first-order valence-electron chi connectivity index (χ1n) is 16.2. The van der Waals surface area contributed by atoms with Crippen LogP contribution >= 0.6 is 24.8 Å². The molecule has 6 rings (SSSR count). The minimum absolute atomic E-state index is 0. The molecule has 3 aromatic rings. The fourth-order valence-electron chi connectivity index (χ4n) is 6.81. The van der Waals surface area contributed by atoms with E-state index in [-0.39, 0.29) is 49.0 Å². The maximum Gasteiger partial charge on any atom is 0.573 e. The molecule has 0 amide bonds. The lowest BCUT2D eigenvalue weighted by Crippen LogP contribution is -2.48. The summed E-state index contributed by atoms with van der Waals surface area (Å²) in [5.74, 6) is 0.917. The van der Waals surface area contributed by atoms with Crippen LogP contribution in [0, 0.1) is 11.8 Å². The predicted octanol–water partition coefficient (Wildman–Crippen LogP) is 6.18. The van der Waals surface area contributed by atoms with Crippen LogP contribution in [-0.2, 0) is 29.0 Å². The van der Waals surface area contributed by atoms with Gasteiger partial charge in [0, 0.05) is 50.5 Å². The van der Waals surface area contributed by atoms with Gasteiger partial charge in [-0.25, -0.2) is 4.98 Å². The Morgan fingerprint density at radius 2 is 1.71 bits per heavy atom. The van der Waals surface area contributed by atoms with Crippen LogP contribution in [0.4, 0.5) is 24.9 Å². The molecule has 0 spiro atoms. The number of alkyl halides is 3. The van der Waals surface area contributed by atoms with Gasteiger partial charge < -0.3 is 30.0 Å². The van der Waals surface area contributed by atoms with Gasteiger partial charge in [0.05, 0.1) is 18.2 Å². The Hall–Kier alpha value is -3.52. The van der Waals surface area contributed by atoms with Gasteiger partial charge in [0.2, 0.25) is 5.95 Å². The number of carbonyl (C=O) groups is 1. The molecule has 0 radical (unpaired) electrons. The number of benzene rings is 2. The van der Waals surface area contributed by atoms with Crippen molar-refractivity contribution >= 4 is 42.5 Å². The van der Waals surface area contributed by atoms with E-state index in [0.29, 0.717) is 31.3 Å². The second kappa shape index (κ2) is 16.9. The van der Waals surface area contributed by atoms with E-state index in [0.717, 1.165) is 98.6 Å². The number of halogens is 5. The number of aromatic nitrogens is 2. The lowest BCUT2D eigenvalue weighted by molar-refractivity contribution is -0.274. The summed E-state index contributed by atoms with van der Waals surface area (Å²) in [6.07, 6.45) is 0.307. The Labute approximate surface area is 295 Å². The zero-order valence-corrected chi connectivity index (χ0v) is 28.6. The van der Waals surface area contributed by atoms with Crippen molar-refractivity contribution in [2.24, 2.45) is 11.8 Å². The first-order chi connectivity index (χ1) is 22.6. The molecule has 2 heterocycles. The number of carboxylic acids is 1. The number of nitrogens with two attached hydrogens (primary N) is 1. The van der Waals surface area contributed by atoms with Gasteiger partial charge in [-0.15, -0.1) is 38.0 Å². The van der Waals surface area contributed by atoms with E-state index >= 15 is 0 Å². The monoisotopic (exact) mass is 727 g/mol. The summed E-state index contributed by atoms with van der Waals surface area (Å²) in [5, 5.41) is 9.32. The van der Waals surface area contributed by atoms with Gasteiger partial charge in [-0.2, -0.15) is 4.98 Å². The first-order valence-corrected chi connectivity index (χ1v) is 16.2. The van der Waals surface area contributed by atoms with Gasteiger partial charge in [0.1, 0.15) is 23.9 Å². The number of nitrogen functional groups attached to an aromatic ring is 1. The minimum atomic E-state index is -4.73. The van der Waals surface area contributed by atoms with E-state index in [1.54, 1.807) is 12.1 Å². The van der Waals surface area contributed by atoms with Crippen LogP contribution in [0.15, 0.2) is 42.5 Å². The lowest BCUT2D eigenvalue weighted by atomic mass is 9.82. The highest BCUT2D eigenvalue weighted by molar-refractivity contribution is 5.85. The number of aryl methyl sites for hydroxylation is 1. The number of nitrogens with zero attached hydrogens (tertiary/aromatic N) is 4. The van der Waals surface area contributed by atoms with Gasteiger partial charge >= 0.3 is 12.3 Å². The molecule has 268 valence electrons. The fraction of sp³-hybridized carbons (Fsp3) is 0.500. The van der Waals surface area contributed by atoms with E-state index in [2.05, 4.69) is 24.5 Å². The molecular weight excluding hydrogens is 686 g/mol. The molecule has 1 aromatic heterocycles. The van der Waals surface area contributed by atoms with Gasteiger partial charge in [0.15, 0.2) is 0 Å². The first kappa shape index (κ1) is 38.3. The quantitative estimate of drug-likeness (QED) is 0.222. The number of rotatable bonds is 11. The summed E-state index contributed by atoms with van der Waals surface area (Å²) < 4.78 is 53.2. The smallest absolute Gasteiger partial charge is 0.489 e. The molecule has 3 N–H and O–H groups in total. The van der Waals surface area contributed by atoms with Crippen molar-refractivity contribution in [2.45, 2.75) is 51.5 Å². The van der Waals surface area contributed by atoms with Crippen LogP contribution in [0.25, 0.3) is 11.3 Å². The maximum absolute atomic E-state index is 12.4. The predicted molar refractivity (Wildman–Crippen MR) is 184 cm³/mol. The van der Waals surface area contributed by atoms with Crippen molar-refractivity contribution in [2.75, 3.05) is 56.6 Å². The largest absolute Gasteiger partial charge is 0.573 e. The highest BCUT2D eigenvalue weighted by Gasteiger charge is 2.31. The molecule has 1 aliphatic heterocycles. The Bertz CT molecular complexity index is 1560. The zero-order chi connectivity index (χ0) is 33.0. The van der Waals surface area contributed by atoms with E-state index < -0.39 is 12.3 Å². The summed E-state index contributed by atoms with van der Waals surface area (Å²) in [6.45, 7) is 5.68. The second-order valence-corrected chi connectivity index (χ2v) is 12.5. The fourth-order valence-corrected chi connectivity index (χ4v) is 6.81. The van der Waals surface area contributed by atoms with E-state index in [1.165, 1.54) is 12.1 Å². The topological polar surface area (TPSA) is 123 Å². The number of hydrogen-bond donors (Lipinski definition) is 2. The third-order valence-electron chi connectivity index (χ3n) is 9.25. The number of anilines is 2. The molecule has 1 saturated carbocycles. The van der Waals surface area contributed by atoms with Crippen LogP contribution in [0.2, 0.25) is 0 Å². The average molecular weight is 729 g/mol. The molecule has 49 heavy (non-hydrogen) atoms. The Morgan fingerprint density at radius 3 is 2.43 bits per heavy atom. The average Bonchev–Trinajstić information content (AvgIpc) is 3.05. The Kier molecular flexibility index (Phi) is 13.2. The summed E-state index contributed by atoms with van der Waals surface area (Å²) in [5.41, 5.74) is 10.9. The highest BCUT2D eigenvalue weighted by Crippen LogP contribution is 2.39. The molecule has 2 aliphatic carbocycles. The van der Waals surface area contributed by atoms with Crippen LogP contribution in [-0.4, -0.2) is 78.2 Å². The molecule has 15 heteroatoms. The van der Waals surface area contributed by atoms with Crippen LogP contribution in [0.1, 0.15) is 42.4 Å². The van der Waals surface area contributed by atoms with E-state index in [1.807, 2.05) is 18.2 Å². The highest BCUT2D eigenvalue weighted by atomic mass is 35.5. The molecule has 1 saturated heterocycles. The molecule has 2 unspecified atom stereocenters. The summed E-state index contributed by atoms with van der Waals surface area (Å²) in [6, 6.07) is 11.5. The third kappa shape index (κ3) is 10.0. The number of aliphatic carboxylic acids is 1. The lowest BCUT2D eigenvalue weighted by Gasteiger charge is -2.37. The Morgan fingerprint density at radius 1 is 0.980 bits per heavy atom. The minimum Gasteiger partial charge on any atom is -0.489 e. The van der Waals surface area contributed by atoms with E-state index in [4.69, 9.17) is 15.2 Å². The van der Waals surface area contributed by atoms with Gasteiger partial charge in [-0.1, -0.05) is 18.6 Å². The number of fused-ring (bicyclic) bond motifs is 3. The van der Waals surface area contributed by atoms with Gasteiger partial charge in [-0.05, 0) is 79.5 Å². The number of ether oxygens (including phenoxy) is 3. The van der Waals surface area contributed by atoms with Crippen molar-refractivity contribution in [3.05, 3.63) is 59.2 Å². The summed E-state index contributed by atoms with van der Waals surface area (Å²) in [7, 11) is 0. The molecule has 0 bridgehead atoms. The molecule has 3 aliphatic rings. The zero-order valence-electron chi connectivity index (χ0n) is 27.0. The van der Waals surface area contributed by atoms with Crippen LogP contribution in [0.5, 0.6) is 11.5 Å². The van der Waals surface area contributed by atoms with Crippen molar-refractivity contribution < 1.29 is 37.3 Å². The van der Waals surface area contributed by atoms with Crippen molar-refractivity contribution in [3.63, 3.8) is 0 Å². The maximum atomic E-state index is 12.4. The van der Waals surface area contributed by atoms with Crippen LogP contribution in [0.3, 0.4) is 0 Å². The molecule has 2 aromatic carbocycles. The second-order valence-electron chi connectivity index (χ2n) is 12.5. The van der Waals surface area contributed by atoms with Gasteiger partial charge in [0.25, 0.3) is 0 Å². The van der Waals surface area contributed by atoms with Crippen molar-refractivity contribution in [1.29, 1.82) is 0 Å². The number of carboxylic acid groups (broad SMARTS) is 1. The standard InChI is InChI=1S/C34H40F3N5O5.2ClH/c35-34(36,37)47-26-7-4-22(5-8-26)21-46-27-9-11-28-24(19-27)6-10-29-30(28)39-33(38)40-31(29)42-14-12-41(13-15-42)16-17-45-20-23-2-1-3-25(18-23)32(43)44;;/h4-5,7-9,11,19,23,25H,1-3,6,10,12-18,20-21H2,(H,43,44)(H2,38,39,40);2*1H. The third-order valence-corrected chi connectivity index (χ3v) is 9.25. The molecule has 2 atom stereocenters. The molecule has 2 fully saturated rings. The summed E-state index contributed by atoms with van der Waals surface area (Å²) >= 11 is 0. The van der Waals surface area contributed by atoms with Gasteiger partial charge in [-0.3, -0.25) is 9.69 Å². The summed E-state index contributed by atoms with van der Waals surface area (Å²) in [4.78, 5) is 25.3. The normalized spacial score (nSPS) is 19.1. The van der Waals surface area contributed by atoms with Crippen molar-refractivity contribution in [1.82, 2.24) is 14.9 Å². The SMILES string of the molecule is Cl.Cl.Nc1nc2c(c(N3CCN(CCOCC4CCCC(C(=O)O)C4)CC3)n1)CCc1cc(OCc3ccc(OC(F)(F)F)cc3)ccc1-2.